The van der Waals surface area contributed by atoms with Gasteiger partial charge in [-0.05, 0) is 73.5 Å². The van der Waals surface area contributed by atoms with Gasteiger partial charge < -0.3 is 44.4 Å². The maximum absolute atomic E-state index is 11.2. The third-order valence-electron chi connectivity index (χ3n) is 8.52. The highest BCUT2D eigenvalue weighted by Gasteiger charge is 2.16. The molecule has 3 aromatic heterocycles. The lowest BCUT2D eigenvalue weighted by Gasteiger charge is -2.33. The lowest BCUT2D eigenvalue weighted by atomic mass is 10.2. The Morgan fingerprint density at radius 1 is 0.635 bits per heavy atom. The summed E-state index contributed by atoms with van der Waals surface area (Å²) in [5, 5.41) is 12.0. The van der Waals surface area contributed by atoms with Crippen LogP contribution >= 0.6 is 15.9 Å². The molecule has 0 spiro atoms. The van der Waals surface area contributed by atoms with Gasteiger partial charge in [0.2, 0.25) is 5.78 Å². The Hall–Kier alpha value is -4.06. The average molecular weight is 787 g/mol. The second-order valence-electron chi connectivity index (χ2n) is 12.4. The molecule has 0 saturated carbocycles. The van der Waals surface area contributed by atoms with E-state index in [9.17, 15) is 14.4 Å². The largest absolute Gasteiger partial charge is 0.464 e. The maximum Gasteiger partial charge on any atom is 0.356 e. The number of pyridine rings is 3. The van der Waals surface area contributed by atoms with Crippen molar-refractivity contribution >= 4 is 45.0 Å². The molecular formula is C36H52BrN9O6. The van der Waals surface area contributed by atoms with Crippen molar-refractivity contribution < 1.29 is 29.0 Å². The highest BCUT2D eigenvalue weighted by molar-refractivity contribution is 9.10. The average Bonchev–Trinajstić information content (AvgIpc) is 3.19. The van der Waals surface area contributed by atoms with E-state index in [2.05, 4.69) is 91.3 Å². The number of aliphatic hydroxyl groups excluding tert-OH is 1. The van der Waals surface area contributed by atoms with Gasteiger partial charge >= 0.3 is 11.9 Å². The van der Waals surface area contributed by atoms with Gasteiger partial charge in [-0.3, -0.25) is 9.78 Å². The Balaban J connectivity index is 0.000000196. The molecule has 6 heterocycles. The zero-order valence-electron chi connectivity index (χ0n) is 30.8. The quantitative estimate of drug-likeness (QED) is 0.275. The molecule has 0 aliphatic carbocycles. The molecule has 3 saturated heterocycles. The first-order valence-electron chi connectivity index (χ1n) is 17.1. The van der Waals surface area contributed by atoms with Crippen molar-refractivity contribution in [1.82, 2.24) is 35.0 Å². The fourth-order valence-corrected chi connectivity index (χ4v) is 5.36. The molecule has 0 bridgehead atoms. The number of halogens is 1. The van der Waals surface area contributed by atoms with Gasteiger partial charge in [0.1, 0.15) is 23.7 Å². The number of ketones is 1. The van der Waals surface area contributed by atoms with Gasteiger partial charge in [-0.1, -0.05) is 0 Å². The van der Waals surface area contributed by atoms with E-state index in [-0.39, 0.29) is 5.78 Å². The minimum atomic E-state index is -0.485. The molecule has 284 valence electrons. The summed E-state index contributed by atoms with van der Waals surface area (Å²) in [6, 6.07) is 10.5. The standard InChI is InChI=1S/2C12H17N3O2.C7H6BrNO2.C5H12N2/c1-14-5-7-15(8-6-14)10-3-4-11(13-9-10)12(16)17-2;1-14-4-6-15(7-5-14)10-2-3-11(13-8-10)12(17)9-16;1-11-7(10)6-3-2-5(8)4-9-6;1-7-4-2-6-3-5-7/h3-4,9H,5-8H2,1-2H3;2-3,8,16H,4-7,9H2,1H3;2-4H,1H3;6H,2-5H2,1H3. The molecule has 15 nitrogen and oxygen atoms in total. The van der Waals surface area contributed by atoms with Crippen LogP contribution in [0.15, 0.2) is 59.5 Å². The molecule has 0 unspecified atom stereocenters. The van der Waals surface area contributed by atoms with Crippen molar-refractivity contribution in [3.05, 3.63) is 76.5 Å². The topological polar surface area (TPSA) is 157 Å². The summed E-state index contributed by atoms with van der Waals surface area (Å²) < 4.78 is 9.91. The summed E-state index contributed by atoms with van der Waals surface area (Å²) in [5.74, 6) is -1.15. The van der Waals surface area contributed by atoms with Gasteiger partial charge in [0.25, 0.3) is 0 Å². The van der Waals surface area contributed by atoms with Crippen molar-refractivity contribution in [1.29, 1.82) is 0 Å². The summed E-state index contributed by atoms with van der Waals surface area (Å²) in [6.07, 6.45) is 4.98. The Morgan fingerprint density at radius 2 is 1.04 bits per heavy atom. The Morgan fingerprint density at radius 3 is 1.37 bits per heavy atom. The summed E-state index contributed by atoms with van der Waals surface area (Å²) in [7, 11) is 9.07. The zero-order valence-corrected chi connectivity index (χ0v) is 32.4. The van der Waals surface area contributed by atoms with Crippen LogP contribution in [0.5, 0.6) is 0 Å². The number of Topliss-reactive ketones (excluding diaryl/α,β-unsaturated/α-hetero) is 1. The monoisotopic (exact) mass is 785 g/mol. The van der Waals surface area contributed by atoms with E-state index < -0.39 is 18.5 Å². The lowest BCUT2D eigenvalue weighted by molar-refractivity contribution is 0.0585. The molecule has 3 aromatic rings. The first kappa shape index (κ1) is 42.4. The molecular weight excluding hydrogens is 734 g/mol. The van der Waals surface area contributed by atoms with Crippen molar-refractivity contribution in [3.63, 3.8) is 0 Å². The maximum atomic E-state index is 11.2. The number of methoxy groups -OCH3 is 2. The van der Waals surface area contributed by atoms with Gasteiger partial charge in [0, 0.05) is 89.2 Å². The summed E-state index contributed by atoms with van der Waals surface area (Å²) >= 11 is 3.20. The van der Waals surface area contributed by atoms with E-state index in [0.717, 1.165) is 81.3 Å². The number of likely N-dealkylation sites (N-methyl/N-ethyl adjacent to an activating group) is 3. The van der Waals surface area contributed by atoms with E-state index in [4.69, 9.17) is 5.11 Å². The predicted molar refractivity (Wildman–Crippen MR) is 204 cm³/mol. The minimum absolute atomic E-state index is 0.315. The van der Waals surface area contributed by atoms with Gasteiger partial charge in [-0.25, -0.2) is 19.6 Å². The number of aliphatic hydroxyl groups is 1. The van der Waals surface area contributed by atoms with Gasteiger partial charge in [-0.15, -0.1) is 0 Å². The Kier molecular flexibility index (Phi) is 18.6. The van der Waals surface area contributed by atoms with Crippen LogP contribution in [-0.4, -0.2) is 173 Å². The number of aromatic nitrogens is 3. The molecule has 52 heavy (non-hydrogen) atoms. The van der Waals surface area contributed by atoms with Gasteiger partial charge in [-0.2, -0.15) is 0 Å². The van der Waals surface area contributed by atoms with E-state index in [1.807, 2.05) is 12.1 Å². The first-order valence-corrected chi connectivity index (χ1v) is 17.9. The number of anilines is 2. The molecule has 0 amide bonds. The number of hydrogen-bond donors (Lipinski definition) is 2. The number of esters is 2. The van der Waals surface area contributed by atoms with Crippen LogP contribution in [0.25, 0.3) is 0 Å². The van der Waals surface area contributed by atoms with Crippen LogP contribution < -0.4 is 15.1 Å². The fraction of sp³-hybridized carbons (Fsp3) is 0.500. The molecule has 3 aliphatic heterocycles. The molecule has 2 N–H and O–H groups in total. The van der Waals surface area contributed by atoms with Gasteiger partial charge in [0.05, 0.1) is 38.0 Å². The second-order valence-corrected chi connectivity index (χ2v) is 13.3. The highest BCUT2D eigenvalue weighted by Crippen LogP contribution is 2.16. The van der Waals surface area contributed by atoms with E-state index in [1.54, 1.807) is 42.9 Å². The van der Waals surface area contributed by atoms with Crippen LogP contribution in [0.4, 0.5) is 11.4 Å². The fourth-order valence-electron chi connectivity index (χ4n) is 5.12. The Labute approximate surface area is 315 Å². The predicted octanol–water partition coefficient (Wildman–Crippen LogP) is 1.78. The molecule has 6 rings (SSSR count). The van der Waals surface area contributed by atoms with E-state index >= 15 is 0 Å². The van der Waals surface area contributed by atoms with Crippen molar-refractivity contribution in [3.8, 4) is 0 Å². The van der Waals surface area contributed by atoms with Crippen molar-refractivity contribution in [2.24, 2.45) is 0 Å². The van der Waals surface area contributed by atoms with Crippen LogP contribution in [0, 0.1) is 0 Å². The number of piperazine rings is 3. The van der Waals surface area contributed by atoms with Crippen LogP contribution in [0.3, 0.4) is 0 Å². The summed E-state index contributed by atoms with van der Waals surface area (Å²) in [4.78, 5) is 56.7. The van der Waals surface area contributed by atoms with Crippen LogP contribution in [0.1, 0.15) is 31.5 Å². The zero-order chi connectivity index (χ0) is 37.9. The summed E-state index contributed by atoms with van der Waals surface area (Å²) in [6.45, 7) is 12.4. The van der Waals surface area contributed by atoms with Crippen molar-refractivity contribution in [2.45, 2.75) is 0 Å². The van der Waals surface area contributed by atoms with E-state index in [0.29, 0.717) is 17.1 Å². The third-order valence-corrected chi connectivity index (χ3v) is 8.99. The van der Waals surface area contributed by atoms with Crippen molar-refractivity contribution in [2.75, 3.05) is 130 Å². The number of ether oxygens (including phenoxy) is 2. The number of carbonyl (C=O) groups is 3. The molecule has 0 aromatic carbocycles. The lowest BCUT2D eigenvalue weighted by Crippen LogP contribution is -2.44. The molecule has 0 atom stereocenters. The normalized spacial score (nSPS) is 16.5. The summed E-state index contributed by atoms with van der Waals surface area (Å²) in [5.41, 5.74) is 3.09. The molecule has 3 fully saturated rings. The molecule has 3 aliphatic rings. The highest BCUT2D eigenvalue weighted by atomic mass is 79.9. The SMILES string of the molecule is CN1CCN(c2ccc(C(=O)CO)nc2)CC1.CN1CCNCC1.COC(=O)c1ccc(Br)cn1.COC(=O)c1ccc(N2CCN(C)CC2)cn1. The van der Waals surface area contributed by atoms with Crippen LogP contribution in [0.2, 0.25) is 0 Å². The Bertz CT molecular complexity index is 1420. The minimum Gasteiger partial charge on any atom is -0.464 e. The number of nitrogens with zero attached hydrogens (tertiary/aromatic N) is 8. The van der Waals surface area contributed by atoms with Crippen LogP contribution in [-0.2, 0) is 9.47 Å². The smallest absolute Gasteiger partial charge is 0.356 e. The second kappa shape index (κ2) is 22.8. The number of carbonyl (C=O) groups excluding carboxylic acids is 3. The molecule has 16 heteroatoms. The number of nitrogens with one attached hydrogen (secondary N) is 1. The van der Waals surface area contributed by atoms with Gasteiger partial charge in [0.15, 0.2) is 0 Å². The number of hydrogen-bond acceptors (Lipinski definition) is 15. The molecule has 0 radical (unpaired) electrons. The first-order chi connectivity index (χ1) is 25.0. The number of rotatable bonds is 6. The van der Waals surface area contributed by atoms with E-state index in [1.165, 1.54) is 27.3 Å². The third kappa shape index (κ3) is 14.5.